The summed E-state index contributed by atoms with van der Waals surface area (Å²) in [5.41, 5.74) is 2.80. The Labute approximate surface area is 171 Å². The molecule has 0 spiro atoms. The van der Waals surface area contributed by atoms with Gasteiger partial charge in [0.05, 0.1) is 17.0 Å². The SMILES string of the molecule is CCN(CC)CCNC(=O)[C@@H]1CCCN(c2nc3ncccc3n3cccc23)C1. The molecule has 154 valence electrons. The number of pyridine rings is 1. The number of piperidine rings is 1. The van der Waals surface area contributed by atoms with Crippen LogP contribution in [0.1, 0.15) is 26.7 Å². The van der Waals surface area contributed by atoms with Crippen molar-refractivity contribution in [2.75, 3.05) is 44.2 Å². The van der Waals surface area contributed by atoms with E-state index in [1.807, 2.05) is 24.4 Å². The molecule has 0 radical (unpaired) electrons. The highest BCUT2D eigenvalue weighted by Crippen LogP contribution is 2.28. The number of hydrogen-bond acceptors (Lipinski definition) is 5. The number of hydrogen-bond donors (Lipinski definition) is 1. The molecule has 0 unspecified atom stereocenters. The number of nitrogens with one attached hydrogen (secondary N) is 1. The van der Waals surface area contributed by atoms with E-state index in [0.717, 1.165) is 61.5 Å². The summed E-state index contributed by atoms with van der Waals surface area (Å²) in [7, 11) is 0. The molecule has 0 aliphatic carbocycles. The van der Waals surface area contributed by atoms with Crippen LogP contribution in [0.2, 0.25) is 0 Å². The fraction of sp³-hybridized carbons (Fsp3) is 0.500. The Balaban J connectivity index is 1.49. The maximum Gasteiger partial charge on any atom is 0.224 e. The van der Waals surface area contributed by atoms with Crippen LogP contribution in [-0.2, 0) is 4.79 Å². The average Bonchev–Trinajstić information content (AvgIpc) is 3.26. The molecule has 4 heterocycles. The molecule has 1 fully saturated rings. The highest BCUT2D eigenvalue weighted by atomic mass is 16.1. The van der Waals surface area contributed by atoms with Crippen LogP contribution in [0.3, 0.4) is 0 Å². The van der Waals surface area contributed by atoms with E-state index in [2.05, 4.69) is 44.4 Å². The van der Waals surface area contributed by atoms with E-state index in [9.17, 15) is 4.79 Å². The number of fused-ring (bicyclic) bond motifs is 3. The molecular weight excluding hydrogens is 364 g/mol. The van der Waals surface area contributed by atoms with Crippen molar-refractivity contribution in [2.45, 2.75) is 26.7 Å². The smallest absolute Gasteiger partial charge is 0.224 e. The monoisotopic (exact) mass is 394 g/mol. The van der Waals surface area contributed by atoms with E-state index in [-0.39, 0.29) is 11.8 Å². The van der Waals surface area contributed by atoms with Crippen molar-refractivity contribution in [3.8, 4) is 0 Å². The maximum atomic E-state index is 12.8. The van der Waals surface area contributed by atoms with Crippen molar-refractivity contribution < 1.29 is 4.79 Å². The predicted octanol–water partition coefficient (Wildman–Crippen LogP) is 2.56. The maximum absolute atomic E-state index is 12.8. The lowest BCUT2D eigenvalue weighted by Crippen LogP contribution is -2.45. The van der Waals surface area contributed by atoms with Crippen LogP contribution in [0.25, 0.3) is 16.7 Å². The minimum absolute atomic E-state index is 0.00306. The van der Waals surface area contributed by atoms with Crippen molar-refractivity contribution in [2.24, 2.45) is 5.92 Å². The van der Waals surface area contributed by atoms with Crippen LogP contribution in [0.15, 0.2) is 36.7 Å². The Morgan fingerprint density at radius 2 is 2.07 bits per heavy atom. The van der Waals surface area contributed by atoms with E-state index in [1.165, 1.54) is 0 Å². The van der Waals surface area contributed by atoms with Gasteiger partial charge in [0.25, 0.3) is 0 Å². The minimum Gasteiger partial charge on any atom is -0.355 e. The van der Waals surface area contributed by atoms with Gasteiger partial charge in [0, 0.05) is 38.6 Å². The van der Waals surface area contributed by atoms with E-state index < -0.39 is 0 Å². The Kier molecular flexibility index (Phi) is 5.94. The normalized spacial score (nSPS) is 17.3. The number of carbonyl (C=O) groups is 1. The van der Waals surface area contributed by atoms with Crippen LogP contribution in [0, 0.1) is 5.92 Å². The van der Waals surface area contributed by atoms with E-state index in [0.29, 0.717) is 13.1 Å². The number of amides is 1. The zero-order valence-corrected chi connectivity index (χ0v) is 17.3. The summed E-state index contributed by atoms with van der Waals surface area (Å²) < 4.78 is 2.14. The molecule has 1 saturated heterocycles. The van der Waals surface area contributed by atoms with Crippen molar-refractivity contribution in [1.29, 1.82) is 0 Å². The largest absolute Gasteiger partial charge is 0.355 e. The molecule has 1 aliphatic heterocycles. The number of likely N-dealkylation sites (N-methyl/N-ethyl adjacent to an activating group) is 1. The fourth-order valence-corrected chi connectivity index (χ4v) is 4.23. The number of nitrogens with zero attached hydrogens (tertiary/aromatic N) is 5. The second-order valence-corrected chi connectivity index (χ2v) is 7.65. The number of anilines is 1. The van der Waals surface area contributed by atoms with Gasteiger partial charge in [-0.3, -0.25) is 4.79 Å². The van der Waals surface area contributed by atoms with Gasteiger partial charge in [-0.1, -0.05) is 13.8 Å². The third kappa shape index (κ3) is 4.05. The van der Waals surface area contributed by atoms with E-state index in [1.54, 1.807) is 6.20 Å². The summed E-state index contributed by atoms with van der Waals surface area (Å²) in [6.45, 7) is 9.54. The van der Waals surface area contributed by atoms with Crippen LogP contribution in [0.5, 0.6) is 0 Å². The topological polar surface area (TPSA) is 65.8 Å². The second-order valence-electron chi connectivity index (χ2n) is 7.65. The van der Waals surface area contributed by atoms with Crippen molar-refractivity contribution >= 4 is 28.4 Å². The predicted molar refractivity (Wildman–Crippen MR) is 116 cm³/mol. The molecule has 1 N–H and O–H groups in total. The van der Waals surface area contributed by atoms with Gasteiger partial charge in [-0.15, -0.1) is 0 Å². The Morgan fingerprint density at radius 3 is 2.90 bits per heavy atom. The Bertz CT molecular complexity index is 980. The number of carbonyl (C=O) groups excluding carboxylic acids is 1. The summed E-state index contributed by atoms with van der Waals surface area (Å²) in [6, 6.07) is 8.09. The standard InChI is InChI=1S/C22H30N6O/c1-3-26(4-2)15-12-24-22(29)17-8-6-13-27(16-17)21-19-10-7-14-28(19)18-9-5-11-23-20(18)25-21/h5,7,9-11,14,17H,3-4,6,8,12-13,15-16H2,1-2H3,(H,24,29)/t17-/m1/s1. The highest BCUT2D eigenvalue weighted by Gasteiger charge is 2.28. The summed E-state index contributed by atoms with van der Waals surface area (Å²) in [5, 5.41) is 3.14. The van der Waals surface area contributed by atoms with Gasteiger partial charge in [0.2, 0.25) is 5.91 Å². The van der Waals surface area contributed by atoms with Gasteiger partial charge >= 0.3 is 0 Å². The quantitative estimate of drug-likeness (QED) is 0.667. The number of rotatable bonds is 7. The van der Waals surface area contributed by atoms with Gasteiger partial charge in [-0.25, -0.2) is 9.97 Å². The van der Waals surface area contributed by atoms with Gasteiger partial charge in [0.15, 0.2) is 11.5 Å². The van der Waals surface area contributed by atoms with Crippen LogP contribution >= 0.6 is 0 Å². The first-order valence-corrected chi connectivity index (χ1v) is 10.7. The van der Waals surface area contributed by atoms with Gasteiger partial charge in [-0.05, 0) is 50.2 Å². The van der Waals surface area contributed by atoms with Crippen LogP contribution < -0.4 is 10.2 Å². The summed E-state index contributed by atoms with van der Waals surface area (Å²) in [5.74, 6) is 1.07. The third-order valence-electron chi connectivity index (χ3n) is 5.93. The molecule has 7 nitrogen and oxygen atoms in total. The summed E-state index contributed by atoms with van der Waals surface area (Å²) >= 11 is 0. The molecule has 1 aliphatic rings. The first-order chi connectivity index (χ1) is 14.2. The fourth-order valence-electron chi connectivity index (χ4n) is 4.23. The number of aromatic nitrogens is 3. The first-order valence-electron chi connectivity index (χ1n) is 10.7. The molecular formula is C22H30N6O. The molecule has 3 aromatic heterocycles. The lowest BCUT2D eigenvalue weighted by Gasteiger charge is -2.33. The van der Waals surface area contributed by atoms with Crippen LogP contribution in [-0.4, -0.2) is 64.4 Å². The van der Waals surface area contributed by atoms with E-state index in [4.69, 9.17) is 4.98 Å². The summed E-state index contributed by atoms with van der Waals surface area (Å²) in [6.07, 6.45) is 5.74. The van der Waals surface area contributed by atoms with Gasteiger partial charge in [0.1, 0.15) is 0 Å². The highest BCUT2D eigenvalue weighted by molar-refractivity contribution is 5.84. The molecule has 0 bridgehead atoms. The van der Waals surface area contributed by atoms with Crippen LogP contribution in [0.4, 0.5) is 5.82 Å². The Morgan fingerprint density at radius 1 is 1.24 bits per heavy atom. The first kappa shape index (κ1) is 19.6. The Hall–Kier alpha value is -2.67. The molecule has 29 heavy (non-hydrogen) atoms. The lowest BCUT2D eigenvalue weighted by atomic mass is 9.97. The molecule has 4 rings (SSSR count). The van der Waals surface area contributed by atoms with Crippen molar-refractivity contribution in [3.63, 3.8) is 0 Å². The van der Waals surface area contributed by atoms with Gasteiger partial charge in [-0.2, -0.15) is 0 Å². The van der Waals surface area contributed by atoms with Gasteiger partial charge < -0.3 is 19.5 Å². The van der Waals surface area contributed by atoms with E-state index >= 15 is 0 Å². The molecule has 7 heteroatoms. The second kappa shape index (κ2) is 8.78. The minimum atomic E-state index is -0.00306. The van der Waals surface area contributed by atoms with Crippen molar-refractivity contribution in [1.82, 2.24) is 24.6 Å². The zero-order chi connectivity index (χ0) is 20.2. The lowest BCUT2D eigenvalue weighted by molar-refractivity contribution is -0.125. The zero-order valence-electron chi connectivity index (χ0n) is 17.3. The molecule has 0 aromatic carbocycles. The molecule has 1 atom stereocenters. The average molecular weight is 395 g/mol. The third-order valence-corrected chi connectivity index (χ3v) is 5.93. The molecule has 0 saturated carbocycles. The van der Waals surface area contributed by atoms with Crippen molar-refractivity contribution in [3.05, 3.63) is 36.7 Å². The molecule has 3 aromatic rings. The summed E-state index contributed by atoms with van der Waals surface area (Å²) in [4.78, 5) is 26.6. The molecule has 1 amide bonds.